The number of fused-ring (bicyclic) bond motifs is 3. The van der Waals surface area contributed by atoms with E-state index in [4.69, 9.17) is 0 Å². The zero-order valence-electron chi connectivity index (χ0n) is 12.1. The van der Waals surface area contributed by atoms with Crippen molar-refractivity contribution in [2.45, 2.75) is 0 Å². The Morgan fingerprint density at radius 3 is 2.27 bits per heavy atom. The van der Waals surface area contributed by atoms with Crippen molar-refractivity contribution in [3.63, 3.8) is 0 Å². The van der Waals surface area contributed by atoms with Crippen LogP contribution in [-0.2, 0) is 0 Å². The smallest absolute Gasteiger partial charge is 0.0340 e. The van der Waals surface area contributed by atoms with Gasteiger partial charge in [-0.25, -0.2) is 0 Å². The molecule has 4 aromatic rings. The zero-order valence-corrected chi connectivity index (χ0v) is 12.1. The number of rotatable bonds is 2. The molecule has 0 aliphatic carbocycles. The SMILES string of the molecule is C(=Cc1cc2ccccc2c2ccccc12)c1cccnc1. The minimum Gasteiger partial charge on any atom is -0.264 e. The van der Waals surface area contributed by atoms with E-state index >= 15 is 0 Å². The van der Waals surface area contributed by atoms with E-state index in [-0.39, 0.29) is 0 Å². The topological polar surface area (TPSA) is 12.9 Å². The highest BCUT2D eigenvalue weighted by Crippen LogP contribution is 2.29. The third kappa shape index (κ3) is 2.27. The van der Waals surface area contributed by atoms with Gasteiger partial charge in [0.1, 0.15) is 0 Å². The number of aromatic nitrogens is 1. The summed E-state index contributed by atoms with van der Waals surface area (Å²) >= 11 is 0. The Bertz CT molecular complexity index is 969. The fourth-order valence-corrected chi connectivity index (χ4v) is 2.88. The van der Waals surface area contributed by atoms with Crippen molar-refractivity contribution in [1.82, 2.24) is 4.98 Å². The fraction of sp³-hybridized carbons (Fsp3) is 0. The van der Waals surface area contributed by atoms with Gasteiger partial charge in [-0.2, -0.15) is 0 Å². The maximum Gasteiger partial charge on any atom is 0.0340 e. The standard InChI is InChI=1S/C21H15N/c1-2-8-19-17(7-1)14-18(20-9-3-4-10-21(19)20)12-11-16-6-5-13-22-15-16/h1-15H. The van der Waals surface area contributed by atoms with E-state index in [1.54, 1.807) is 6.20 Å². The first-order valence-electron chi connectivity index (χ1n) is 7.40. The molecule has 1 heterocycles. The van der Waals surface area contributed by atoms with Crippen LogP contribution in [0, 0.1) is 0 Å². The molecule has 3 aromatic carbocycles. The van der Waals surface area contributed by atoms with E-state index in [2.05, 4.69) is 77.8 Å². The number of hydrogen-bond donors (Lipinski definition) is 0. The summed E-state index contributed by atoms with van der Waals surface area (Å²) in [6.45, 7) is 0. The summed E-state index contributed by atoms with van der Waals surface area (Å²) in [7, 11) is 0. The van der Waals surface area contributed by atoms with Gasteiger partial charge in [-0.05, 0) is 44.8 Å². The lowest BCUT2D eigenvalue weighted by Crippen LogP contribution is -1.82. The molecule has 1 nitrogen and oxygen atoms in total. The van der Waals surface area contributed by atoms with Crippen molar-refractivity contribution < 1.29 is 0 Å². The normalized spacial score (nSPS) is 11.5. The predicted molar refractivity (Wildman–Crippen MR) is 94.6 cm³/mol. The predicted octanol–water partition coefficient (Wildman–Crippen LogP) is 5.56. The van der Waals surface area contributed by atoms with Crippen molar-refractivity contribution in [2.75, 3.05) is 0 Å². The second-order valence-corrected chi connectivity index (χ2v) is 5.35. The number of nitrogens with zero attached hydrogens (tertiary/aromatic N) is 1. The molecule has 22 heavy (non-hydrogen) atoms. The third-order valence-electron chi connectivity index (χ3n) is 3.94. The van der Waals surface area contributed by atoms with Crippen LogP contribution in [0.2, 0.25) is 0 Å². The number of benzene rings is 3. The van der Waals surface area contributed by atoms with Gasteiger partial charge in [0.25, 0.3) is 0 Å². The van der Waals surface area contributed by atoms with E-state index in [0.717, 1.165) is 5.56 Å². The highest BCUT2D eigenvalue weighted by atomic mass is 14.6. The summed E-state index contributed by atoms with van der Waals surface area (Å²) < 4.78 is 0. The number of pyridine rings is 1. The van der Waals surface area contributed by atoms with Crippen LogP contribution in [0.5, 0.6) is 0 Å². The van der Waals surface area contributed by atoms with Gasteiger partial charge in [-0.15, -0.1) is 0 Å². The highest BCUT2D eigenvalue weighted by molar-refractivity contribution is 6.11. The highest BCUT2D eigenvalue weighted by Gasteiger charge is 2.03. The summed E-state index contributed by atoms with van der Waals surface area (Å²) in [6.07, 6.45) is 7.96. The molecule has 0 aliphatic heterocycles. The van der Waals surface area contributed by atoms with Crippen LogP contribution >= 0.6 is 0 Å². The molecule has 0 saturated carbocycles. The molecule has 0 amide bonds. The quantitative estimate of drug-likeness (QED) is 0.438. The van der Waals surface area contributed by atoms with E-state index in [0.29, 0.717) is 0 Å². The van der Waals surface area contributed by atoms with Crippen LogP contribution in [0.3, 0.4) is 0 Å². The molecular weight excluding hydrogens is 266 g/mol. The lowest BCUT2D eigenvalue weighted by Gasteiger charge is -2.07. The Morgan fingerprint density at radius 1 is 0.682 bits per heavy atom. The monoisotopic (exact) mass is 281 g/mol. The summed E-state index contributed by atoms with van der Waals surface area (Å²) in [5, 5.41) is 5.15. The molecule has 0 N–H and O–H groups in total. The Balaban J connectivity index is 1.94. The van der Waals surface area contributed by atoms with Crippen LogP contribution in [-0.4, -0.2) is 4.98 Å². The molecule has 0 radical (unpaired) electrons. The molecule has 0 spiro atoms. The minimum absolute atomic E-state index is 1.11. The maximum absolute atomic E-state index is 4.16. The third-order valence-corrected chi connectivity index (χ3v) is 3.94. The van der Waals surface area contributed by atoms with Crippen molar-refractivity contribution in [3.05, 3.63) is 90.3 Å². The maximum atomic E-state index is 4.16. The van der Waals surface area contributed by atoms with Gasteiger partial charge in [-0.3, -0.25) is 4.98 Å². The van der Waals surface area contributed by atoms with Gasteiger partial charge in [0.05, 0.1) is 0 Å². The van der Waals surface area contributed by atoms with Crippen molar-refractivity contribution in [2.24, 2.45) is 0 Å². The van der Waals surface area contributed by atoms with E-state index in [9.17, 15) is 0 Å². The Hall–Kier alpha value is -2.93. The Labute approximate surface area is 129 Å². The molecular formula is C21H15N. The summed E-state index contributed by atoms with van der Waals surface area (Å²) in [4.78, 5) is 4.16. The molecule has 0 aliphatic rings. The first kappa shape index (κ1) is 12.8. The molecule has 0 saturated heterocycles. The second kappa shape index (κ2) is 5.45. The van der Waals surface area contributed by atoms with Gasteiger partial charge >= 0.3 is 0 Å². The van der Waals surface area contributed by atoms with Gasteiger partial charge in [0.15, 0.2) is 0 Å². The fourth-order valence-electron chi connectivity index (χ4n) is 2.88. The Morgan fingerprint density at radius 2 is 1.45 bits per heavy atom. The molecule has 0 bridgehead atoms. The molecule has 0 fully saturated rings. The van der Waals surface area contributed by atoms with Crippen molar-refractivity contribution in [3.8, 4) is 0 Å². The molecule has 104 valence electrons. The Kier molecular flexibility index (Phi) is 3.17. The van der Waals surface area contributed by atoms with E-state index in [1.165, 1.54) is 27.1 Å². The zero-order chi connectivity index (χ0) is 14.8. The van der Waals surface area contributed by atoms with Gasteiger partial charge in [0, 0.05) is 12.4 Å². The van der Waals surface area contributed by atoms with Crippen LogP contribution in [0.15, 0.2) is 79.1 Å². The molecule has 1 heteroatoms. The van der Waals surface area contributed by atoms with E-state index < -0.39 is 0 Å². The lowest BCUT2D eigenvalue weighted by molar-refractivity contribution is 1.32. The average Bonchev–Trinajstić information content (AvgIpc) is 2.60. The van der Waals surface area contributed by atoms with Crippen molar-refractivity contribution in [1.29, 1.82) is 0 Å². The van der Waals surface area contributed by atoms with Crippen LogP contribution in [0.1, 0.15) is 11.1 Å². The second-order valence-electron chi connectivity index (χ2n) is 5.35. The van der Waals surface area contributed by atoms with Gasteiger partial charge < -0.3 is 0 Å². The van der Waals surface area contributed by atoms with Gasteiger partial charge in [0.2, 0.25) is 0 Å². The number of hydrogen-bond acceptors (Lipinski definition) is 1. The first-order chi connectivity index (χ1) is 10.9. The summed E-state index contributed by atoms with van der Waals surface area (Å²) in [5.74, 6) is 0. The molecule has 1 aromatic heterocycles. The van der Waals surface area contributed by atoms with Crippen LogP contribution < -0.4 is 0 Å². The molecule has 0 atom stereocenters. The molecule has 4 rings (SSSR count). The van der Waals surface area contributed by atoms with Crippen LogP contribution in [0.25, 0.3) is 33.7 Å². The summed E-state index contributed by atoms with van der Waals surface area (Å²) in [5.41, 5.74) is 2.35. The minimum atomic E-state index is 1.11. The first-order valence-corrected chi connectivity index (χ1v) is 7.40. The van der Waals surface area contributed by atoms with E-state index in [1.807, 2.05) is 12.3 Å². The van der Waals surface area contributed by atoms with Crippen molar-refractivity contribution >= 4 is 33.7 Å². The lowest BCUT2D eigenvalue weighted by atomic mass is 9.97. The average molecular weight is 281 g/mol. The largest absolute Gasteiger partial charge is 0.264 e. The van der Waals surface area contributed by atoms with Crippen LogP contribution in [0.4, 0.5) is 0 Å². The van der Waals surface area contributed by atoms with Gasteiger partial charge in [-0.1, -0.05) is 66.7 Å². The summed E-state index contributed by atoms with van der Waals surface area (Å²) in [6, 6.07) is 23.4. The molecule has 0 unspecified atom stereocenters.